The molecule has 2 aromatic carbocycles. The molecule has 6 heteroatoms. The lowest BCUT2D eigenvalue weighted by Gasteiger charge is -2.09. The van der Waals surface area contributed by atoms with Crippen molar-refractivity contribution in [3.05, 3.63) is 71.3 Å². The number of hydrogen-bond acceptors (Lipinski definition) is 4. The Hall–Kier alpha value is -3.41. The minimum absolute atomic E-state index is 0.315. The molecular weight excluding hydrogens is 320 g/mol. The molecule has 2 amide bonds. The van der Waals surface area contributed by atoms with Crippen LogP contribution < -0.4 is 15.7 Å². The van der Waals surface area contributed by atoms with E-state index in [1.807, 2.05) is 32.0 Å². The van der Waals surface area contributed by atoms with Crippen molar-refractivity contribution in [2.75, 3.05) is 10.6 Å². The third-order valence-corrected chi connectivity index (χ3v) is 3.53. The van der Waals surface area contributed by atoms with Gasteiger partial charge >= 0.3 is 0 Å². The number of carboxylic acids is 1. The highest BCUT2D eigenvalue weighted by Crippen LogP contribution is 2.17. The van der Waals surface area contributed by atoms with Gasteiger partial charge in [-0.1, -0.05) is 12.1 Å². The van der Waals surface area contributed by atoms with Crippen LogP contribution in [0.15, 0.2) is 54.6 Å². The van der Waals surface area contributed by atoms with Crippen molar-refractivity contribution in [1.82, 2.24) is 0 Å². The van der Waals surface area contributed by atoms with E-state index in [0.717, 1.165) is 17.2 Å². The molecule has 0 atom stereocenters. The predicted octanol–water partition coefficient (Wildman–Crippen LogP) is 1.80. The zero-order valence-electron chi connectivity index (χ0n) is 13.8. The van der Waals surface area contributed by atoms with Gasteiger partial charge < -0.3 is 20.5 Å². The normalized spacial score (nSPS) is 10.5. The summed E-state index contributed by atoms with van der Waals surface area (Å²) < 4.78 is 0. The van der Waals surface area contributed by atoms with Crippen LogP contribution in [-0.2, 0) is 9.59 Å². The number of hydrogen-bond donors (Lipinski definition) is 2. The SMILES string of the molecule is Cc1ccc(NC(=O)c2cccc(NC(=O)C=CC(=O)[O-])c2)cc1C. The van der Waals surface area contributed by atoms with Crippen LogP contribution in [0.5, 0.6) is 0 Å². The van der Waals surface area contributed by atoms with Gasteiger partial charge in [-0.2, -0.15) is 0 Å². The number of carbonyl (C=O) groups excluding carboxylic acids is 3. The zero-order chi connectivity index (χ0) is 18.4. The van der Waals surface area contributed by atoms with Crippen molar-refractivity contribution in [1.29, 1.82) is 0 Å². The van der Waals surface area contributed by atoms with Gasteiger partial charge in [0.2, 0.25) is 5.91 Å². The van der Waals surface area contributed by atoms with Gasteiger partial charge in [0.25, 0.3) is 5.91 Å². The Balaban J connectivity index is 2.09. The van der Waals surface area contributed by atoms with E-state index in [2.05, 4.69) is 10.6 Å². The van der Waals surface area contributed by atoms with Gasteiger partial charge in [-0.05, 0) is 61.4 Å². The molecule has 2 N–H and O–H groups in total. The molecule has 0 aliphatic heterocycles. The second-order valence-corrected chi connectivity index (χ2v) is 5.48. The summed E-state index contributed by atoms with van der Waals surface area (Å²) in [6.45, 7) is 3.95. The summed E-state index contributed by atoms with van der Waals surface area (Å²) in [4.78, 5) is 34.2. The molecule has 0 heterocycles. The summed E-state index contributed by atoms with van der Waals surface area (Å²) in [5, 5.41) is 15.6. The van der Waals surface area contributed by atoms with E-state index in [-0.39, 0.29) is 5.91 Å². The molecule has 2 rings (SSSR count). The molecular formula is C19H17N2O4-. The molecule has 0 bridgehead atoms. The number of anilines is 2. The Labute approximate surface area is 145 Å². The number of benzene rings is 2. The van der Waals surface area contributed by atoms with Gasteiger partial charge in [-0.3, -0.25) is 9.59 Å². The summed E-state index contributed by atoms with van der Waals surface area (Å²) in [6.07, 6.45) is 1.47. The summed E-state index contributed by atoms with van der Waals surface area (Å²) in [7, 11) is 0. The molecule has 2 aromatic rings. The molecule has 0 radical (unpaired) electrons. The van der Waals surface area contributed by atoms with E-state index in [9.17, 15) is 19.5 Å². The summed E-state index contributed by atoms with van der Waals surface area (Å²) >= 11 is 0. The fraction of sp³-hybridized carbons (Fsp3) is 0.105. The summed E-state index contributed by atoms with van der Waals surface area (Å²) in [6, 6.07) is 11.9. The number of aryl methyl sites for hydroxylation is 2. The van der Waals surface area contributed by atoms with Crippen molar-refractivity contribution in [3.63, 3.8) is 0 Å². The zero-order valence-corrected chi connectivity index (χ0v) is 13.8. The van der Waals surface area contributed by atoms with Gasteiger partial charge in [0.1, 0.15) is 0 Å². The highest BCUT2D eigenvalue weighted by Gasteiger charge is 2.08. The molecule has 0 saturated heterocycles. The second kappa shape index (κ2) is 7.92. The number of rotatable bonds is 5. The highest BCUT2D eigenvalue weighted by atomic mass is 16.4. The predicted molar refractivity (Wildman–Crippen MR) is 93.1 cm³/mol. The van der Waals surface area contributed by atoms with Gasteiger partial charge in [-0.15, -0.1) is 0 Å². The Morgan fingerprint density at radius 1 is 0.880 bits per heavy atom. The molecule has 0 aliphatic rings. The first-order valence-corrected chi connectivity index (χ1v) is 7.54. The topological polar surface area (TPSA) is 98.3 Å². The average molecular weight is 337 g/mol. The first-order chi connectivity index (χ1) is 11.8. The van der Waals surface area contributed by atoms with Gasteiger partial charge in [0, 0.05) is 23.0 Å². The average Bonchev–Trinajstić information content (AvgIpc) is 2.56. The number of carboxylic acid groups (broad SMARTS) is 1. The summed E-state index contributed by atoms with van der Waals surface area (Å²) in [5.41, 5.74) is 3.62. The lowest BCUT2D eigenvalue weighted by molar-refractivity contribution is -0.297. The van der Waals surface area contributed by atoms with E-state index in [1.54, 1.807) is 18.2 Å². The Morgan fingerprint density at radius 3 is 2.28 bits per heavy atom. The largest absolute Gasteiger partial charge is 0.545 e. The van der Waals surface area contributed by atoms with Crippen LogP contribution in [0.4, 0.5) is 11.4 Å². The molecule has 25 heavy (non-hydrogen) atoms. The van der Waals surface area contributed by atoms with Gasteiger partial charge in [0.15, 0.2) is 0 Å². The smallest absolute Gasteiger partial charge is 0.255 e. The lowest BCUT2D eigenvalue weighted by Crippen LogP contribution is -2.20. The minimum atomic E-state index is -1.46. The van der Waals surface area contributed by atoms with Crippen molar-refractivity contribution in [3.8, 4) is 0 Å². The Bertz CT molecular complexity index is 856. The first kappa shape index (κ1) is 17.9. The second-order valence-electron chi connectivity index (χ2n) is 5.48. The van der Waals surface area contributed by atoms with E-state index in [1.165, 1.54) is 6.07 Å². The molecule has 0 fully saturated rings. The van der Waals surface area contributed by atoms with Crippen molar-refractivity contribution in [2.24, 2.45) is 0 Å². The third kappa shape index (κ3) is 5.31. The molecule has 0 saturated carbocycles. The molecule has 6 nitrogen and oxygen atoms in total. The molecule has 0 aromatic heterocycles. The van der Waals surface area contributed by atoms with Crippen LogP contribution in [-0.4, -0.2) is 17.8 Å². The maximum absolute atomic E-state index is 12.3. The van der Waals surface area contributed by atoms with E-state index in [0.29, 0.717) is 23.0 Å². The summed E-state index contributed by atoms with van der Waals surface area (Å²) in [5.74, 6) is -2.41. The van der Waals surface area contributed by atoms with Gasteiger partial charge in [0.05, 0.1) is 5.97 Å². The van der Waals surface area contributed by atoms with E-state index < -0.39 is 11.9 Å². The highest BCUT2D eigenvalue weighted by molar-refractivity contribution is 6.06. The molecule has 0 unspecified atom stereocenters. The van der Waals surface area contributed by atoms with Crippen LogP contribution in [0.1, 0.15) is 21.5 Å². The maximum atomic E-state index is 12.3. The van der Waals surface area contributed by atoms with Crippen LogP contribution in [0.25, 0.3) is 0 Å². The van der Waals surface area contributed by atoms with Crippen molar-refractivity contribution in [2.45, 2.75) is 13.8 Å². The number of aliphatic carboxylic acids is 1. The molecule has 0 aliphatic carbocycles. The quantitative estimate of drug-likeness (QED) is 0.813. The Morgan fingerprint density at radius 2 is 1.60 bits per heavy atom. The minimum Gasteiger partial charge on any atom is -0.545 e. The van der Waals surface area contributed by atoms with Crippen molar-refractivity contribution < 1.29 is 19.5 Å². The molecule has 128 valence electrons. The van der Waals surface area contributed by atoms with Crippen molar-refractivity contribution >= 4 is 29.2 Å². The van der Waals surface area contributed by atoms with Crippen LogP contribution in [0.2, 0.25) is 0 Å². The monoisotopic (exact) mass is 337 g/mol. The lowest BCUT2D eigenvalue weighted by atomic mass is 10.1. The first-order valence-electron chi connectivity index (χ1n) is 7.54. The maximum Gasteiger partial charge on any atom is 0.255 e. The van der Waals surface area contributed by atoms with Gasteiger partial charge in [-0.25, -0.2) is 0 Å². The van der Waals surface area contributed by atoms with Crippen LogP contribution in [0.3, 0.4) is 0 Å². The molecule has 0 spiro atoms. The van der Waals surface area contributed by atoms with E-state index in [4.69, 9.17) is 0 Å². The number of amides is 2. The Kier molecular flexibility index (Phi) is 5.68. The van der Waals surface area contributed by atoms with Crippen LogP contribution >= 0.6 is 0 Å². The van der Waals surface area contributed by atoms with Crippen LogP contribution in [0, 0.1) is 13.8 Å². The standard InChI is InChI=1S/C19H18N2O4/c1-12-6-7-16(10-13(12)2)21-19(25)14-4-3-5-15(11-14)20-17(22)8-9-18(23)24/h3-11H,1-2H3,(H,20,22)(H,21,25)(H,23,24)/p-1. The third-order valence-electron chi connectivity index (χ3n) is 3.53. The number of carbonyl (C=O) groups is 3. The fourth-order valence-corrected chi connectivity index (χ4v) is 2.09. The van der Waals surface area contributed by atoms with E-state index >= 15 is 0 Å². The fourth-order valence-electron chi connectivity index (χ4n) is 2.09. The number of nitrogens with one attached hydrogen (secondary N) is 2.